The predicted molar refractivity (Wildman–Crippen MR) is 285 cm³/mol. The van der Waals surface area contributed by atoms with E-state index >= 15 is 0 Å². The van der Waals surface area contributed by atoms with Crippen LogP contribution < -0.4 is 0 Å². The molecule has 0 N–H and O–H groups in total. The van der Waals surface area contributed by atoms with Crippen molar-refractivity contribution in [3.8, 4) is 0 Å². The van der Waals surface area contributed by atoms with E-state index in [-0.39, 0.29) is 38.0 Å². The summed E-state index contributed by atoms with van der Waals surface area (Å²) in [5.41, 5.74) is 0.996. The third kappa shape index (κ3) is 17.4. The Bertz CT molecular complexity index is 1600. The van der Waals surface area contributed by atoms with Crippen molar-refractivity contribution in [2.24, 2.45) is 0 Å². The second-order valence-electron chi connectivity index (χ2n) is 19.8. The van der Waals surface area contributed by atoms with Gasteiger partial charge in [-0.2, -0.15) is 0 Å². The van der Waals surface area contributed by atoms with Gasteiger partial charge in [0, 0.05) is 59.0 Å². The molecule has 3 fully saturated rings. The zero-order chi connectivity index (χ0) is 52.4. The monoisotopic (exact) mass is 1150 g/mol. The third-order valence-electron chi connectivity index (χ3n) is 11.6. The molecule has 0 saturated carbocycles. The summed E-state index contributed by atoms with van der Waals surface area (Å²) in [7, 11) is -36.5. The Morgan fingerprint density at radius 2 is 0.580 bits per heavy atom. The fourth-order valence-corrected chi connectivity index (χ4v) is 62.7. The van der Waals surface area contributed by atoms with Crippen LogP contribution in [0.2, 0.25) is 99.7 Å². The van der Waals surface area contributed by atoms with Gasteiger partial charge < -0.3 is 63.6 Å². The molecule has 3 aliphatic heterocycles. The second kappa shape index (κ2) is 25.2. The van der Waals surface area contributed by atoms with Crippen molar-refractivity contribution in [1.82, 2.24) is 0 Å². The first-order valence-corrected chi connectivity index (χ1v) is 47.7. The van der Waals surface area contributed by atoms with Crippen LogP contribution in [0.3, 0.4) is 0 Å². The van der Waals surface area contributed by atoms with Crippen molar-refractivity contribution in [2.45, 2.75) is 188 Å². The van der Waals surface area contributed by atoms with Gasteiger partial charge in [-0.25, -0.2) is 14.4 Å². The fraction of sp³-hybridized carbons (Fsp3) is 0.780. The highest BCUT2D eigenvalue weighted by Gasteiger charge is 2.77. The van der Waals surface area contributed by atoms with Crippen molar-refractivity contribution in [1.29, 1.82) is 0 Å². The smallest absolute Gasteiger partial charge is 0.462 e. The van der Waals surface area contributed by atoms with Crippen LogP contribution in [0.4, 0.5) is 0 Å². The van der Waals surface area contributed by atoms with Crippen LogP contribution in [0.15, 0.2) is 36.5 Å². The second-order valence-corrected chi connectivity index (χ2v) is 56.2. The number of fused-ring (bicyclic) bond motifs is 3. The van der Waals surface area contributed by atoms with E-state index in [1.54, 1.807) is 20.8 Å². The Morgan fingerprint density at radius 1 is 0.377 bits per heavy atom. The van der Waals surface area contributed by atoms with E-state index in [4.69, 9.17) is 63.6 Å². The van der Waals surface area contributed by atoms with Crippen molar-refractivity contribution in [3.05, 3.63) is 36.5 Å². The first-order chi connectivity index (χ1) is 31.9. The minimum absolute atomic E-state index is 0.198. The van der Waals surface area contributed by atoms with Gasteiger partial charge in [0.25, 0.3) is 0 Å². The van der Waals surface area contributed by atoms with Gasteiger partial charge in [-0.05, 0) is 97.4 Å². The van der Waals surface area contributed by atoms with Crippen molar-refractivity contribution < 1.29 is 78.0 Å². The summed E-state index contributed by atoms with van der Waals surface area (Å²) >= 11 is 0. The average molecular weight is 1150 g/mol. The standard InChI is InChI=1S/C41H86O18Si10/c1-20-63(48-60(14,15)33-27-30-45-39(42)36(8)9)51-66(23-4)53-64(21-2,49-61(16,17)34-28-31-46-40(43)37(10)11)55-68(25-6)56-65(22-3,50-62(18,19)35-29-32-47-41(44)38(12)13)54-67(24-5,52-63)58-69(26-7,57-66)59-68/h8,10,12,20-35H2,1-7,9,11,13-19H3. The Morgan fingerprint density at radius 3 is 0.754 bits per heavy atom. The van der Waals surface area contributed by atoms with E-state index in [0.717, 1.165) is 0 Å². The summed E-state index contributed by atoms with van der Waals surface area (Å²) in [6, 6.07) is 3.91. The SMILES string of the molecule is C=C(C)C(=O)OCCC[Si](C)(C)O[Si]1(CC)O[Si]2(CC)O[Si](CC)(O[Si](C)(C)CCCOC(=O)C(=C)C)O[Si]3(CC)O[Si](CC)(O[Si](C)(C)CCCOC(=O)C(=C)C)O[Si](CC)(O1)O[Si](CC)(O2)O3. The lowest BCUT2D eigenvalue weighted by atomic mass is 10.4. The first-order valence-electron chi connectivity index (χ1n) is 24.8. The molecule has 28 heteroatoms. The van der Waals surface area contributed by atoms with Crippen molar-refractivity contribution in [2.75, 3.05) is 19.8 Å². The lowest BCUT2D eigenvalue weighted by Crippen LogP contribution is -2.83. The number of esters is 3. The number of hydrogen-bond acceptors (Lipinski definition) is 18. The molecule has 3 heterocycles. The molecule has 0 amide bonds. The zero-order valence-corrected chi connectivity index (χ0v) is 54.8. The van der Waals surface area contributed by atoms with Crippen LogP contribution in [0.5, 0.6) is 0 Å². The molecule has 3 aliphatic rings. The molecule has 0 spiro atoms. The lowest BCUT2D eigenvalue weighted by molar-refractivity contribution is -0.139. The van der Waals surface area contributed by atoms with Crippen LogP contribution in [0.1, 0.15) is 88.5 Å². The van der Waals surface area contributed by atoms with Gasteiger partial charge >= 0.3 is 79.5 Å². The number of ether oxygens (including phenoxy) is 3. The largest absolute Gasteiger partial charge is 0.478 e. The molecule has 18 nitrogen and oxygen atoms in total. The summed E-state index contributed by atoms with van der Waals surface area (Å²) in [6.45, 7) is 42.9. The summed E-state index contributed by atoms with van der Waals surface area (Å²) in [4.78, 5) is 36.9. The van der Waals surface area contributed by atoms with Gasteiger partial charge in [-0.15, -0.1) is 0 Å². The van der Waals surface area contributed by atoms with Gasteiger partial charge in [-0.1, -0.05) is 68.2 Å². The van der Waals surface area contributed by atoms with Crippen LogP contribution in [-0.4, -0.2) is 124 Å². The van der Waals surface area contributed by atoms with E-state index in [0.29, 0.717) is 78.3 Å². The maximum absolute atomic E-state index is 12.3. The topological polar surface area (TPSA) is 190 Å². The minimum atomic E-state index is -4.06. The summed E-state index contributed by atoms with van der Waals surface area (Å²) in [5.74, 6) is -1.33. The van der Waals surface area contributed by atoms with Crippen LogP contribution in [0, 0.1) is 0 Å². The predicted octanol–water partition coefficient (Wildman–Crippen LogP) is 10.1. The fourth-order valence-electron chi connectivity index (χ4n) is 7.86. The lowest BCUT2D eigenvalue weighted by Gasteiger charge is -2.59. The van der Waals surface area contributed by atoms with Gasteiger partial charge in [0.2, 0.25) is 0 Å². The van der Waals surface area contributed by atoms with Crippen LogP contribution in [-0.2, 0) is 78.0 Å². The molecule has 0 aromatic heterocycles. The van der Waals surface area contributed by atoms with Gasteiger partial charge in [0.1, 0.15) is 0 Å². The minimum Gasteiger partial charge on any atom is -0.462 e. The molecule has 0 radical (unpaired) electrons. The summed E-state index contributed by atoms with van der Waals surface area (Å²) in [6.07, 6.45) is 1.63. The van der Waals surface area contributed by atoms with Crippen molar-refractivity contribution >= 4 is 104 Å². The molecular formula is C41H86O18Si10. The highest BCUT2D eigenvalue weighted by atomic mass is 28.6. The Balaban J connectivity index is 2.34. The van der Waals surface area contributed by atoms with Crippen LogP contribution >= 0.6 is 0 Å². The summed E-state index contributed by atoms with van der Waals surface area (Å²) < 4.78 is 107. The van der Waals surface area contributed by atoms with E-state index in [1.807, 2.05) is 48.5 Å². The molecule has 0 atom stereocenters. The van der Waals surface area contributed by atoms with Gasteiger partial charge in [0.15, 0.2) is 25.0 Å². The molecule has 69 heavy (non-hydrogen) atoms. The maximum atomic E-state index is 12.3. The zero-order valence-electron chi connectivity index (χ0n) is 44.8. The van der Waals surface area contributed by atoms with Crippen LogP contribution in [0.25, 0.3) is 0 Å². The quantitative estimate of drug-likeness (QED) is 0.0236. The molecule has 0 aromatic rings. The normalized spacial score (nSPS) is 30.8. The maximum Gasteiger partial charge on any atom is 0.478 e. The number of carbonyl (C=O) groups is 3. The Labute approximate surface area is 424 Å². The Hall–Kier alpha value is -0.681. The molecule has 0 aliphatic carbocycles. The highest BCUT2D eigenvalue weighted by molar-refractivity contribution is 7.01. The van der Waals surface area contributed by atoms with Gasteiger partial charge in [-0.3, -0.25) is 0 Å². The molecule has 0 aromatic carbocycles. The van der Waals surface area contributed by atoms with E-state index < -0.39 is 104 Å². The number of carbonyl (C=O) groups excluding carboxylic acids is 3. The van der Waals surface area contributed by atoms with Gasteiger partial charge in [0.05, 0.1) is 19.8 Å². The summed E-state index contributed by atoms with van der Waals surface area (Å²) in [5, 5.41) is 0. The van der Waals surface area contributed by atoms with E-state index in [2.05, 4.69) is 59.0 Å². The number of rotatable bonds is 28. The molecule has 4 bridgehead atoms. The molecule has 398 valence electrons. The Kier molecular flexibility index (Phi) is 22.9. The van der Waals surface area contributed by atoms with Crippen molar-refractivity contribution in [3.63, 3.8) is 0 Å². The molecule has 3 rings (SSSR count). The van der Waals surface area contributed by atoms with E-state index in [1.165, 1.54) is 0 Å². The average Bonchev–Trinajstić information content (AvgIpc) is 3.25. The first kappa shape index (κ1) is 62.6. The number of hydrogen-bond donors (Lipinski definition) is 0. The molecule has 3 saturated heterocycles. The molecular weight excluding hydrogens is 1060 g/mol. The highest BCUT2D eigenvalue weighted by Crippen LogP contribution is 2.49. The molecule has 0 unspecified atom stereocenters. The third-order valence-corrected chi connectivity index (χ3v) is 55.1. The van der Waals surface area contributed by atoms with E-state index in [9.17, 15) is 14.4 Å².